The van der Waals surface area contributed by atoms with Gasteiger partial charge in [0.05, 0.1) is 6.10 Å². The number of hydrogen-bond acceptors (Lipinski definition) is 5. The Bertz CT molecular complexity index is 827. The normalized spacial score (nSPS) is 18.4. The standard InChI is InChI=1S/C23H32N4O/c1-15(2)23-25-21(24-20-6-4-5-7-20)13-22(26-23)27-11-10-18-12-17(16(3)28)8-9-19(18)14-27/h8-9,12-13,15-16,20,28H,4-7,10-11,14H2,1-3H3,(H,24,25,26)/t16-/m0/s1. The van der Waals surface area contributed by atoms with Crippen LogP contribution in [-0.4, -0.2) is 27.7 Å². The van der Waals surface area contributed by atoms with Gasteiger partial charge in [0.2, 0.25) is 0 Å². The molecule has 1 saturated carbocycles. The summed E-state index contributed by atoms with van der Waals surface area (Å²) in [5.74, 6) is 3.20. The van der Waals surface area contributed by atoms with Gasteiger partial charge in [0.15, 0.2) is 0 Å². The van der Waals surface area contributed by atoms with Gasteiger partial charge in [-0.15, -0.1) is 0 Å². The molecule has 0 bridgehead atoms. The van der Waals surface area contributed by atoms with Gasteiger partial charge in [-0.1, -0.05) is 44.9 Å². The van der Waals surface area contributed by atoms with Gasteiger partial charge in [-0.05, 0) is 42.9 Å². The molecule has 1 atom stereocenters. The summed E-state index contributed by atoms with van der Waals surface area (Å²) in [4.78, 5) is 12.0. The Hall–Kier alpha value is -2.14. The predicted octanol–water partition coefficient (Wildman–Crippen LogP) is 4.57. The molecule has 0 unspecified atom stereocenters. The van der Waals surface area contributed by atoms with Crippen molar-refractivity contribution in [3.05, 3.63) is 46.8 Å². The molecule has 2 aliphatic rings. The van der Waals surface area contributed by atoms with Crippen molar-refractivity contribution in [2.24, 2.45) is 0 Å². The van der Waals surface area contributed by atoms with Crippen LogP contribution in [0.2, 0.25) is 0 Å². The minimum Gasteiger partial charge on any atom is -0.389 e. The zero-order valence-corrected chi connectivity index (χ0v) is 17.3. The van der Waals surface area contributed by atoms with Crippen LogP contribution in [0, 0.1) is 0 Å². The fourth-order valence-corrected chi connectivity index (χ4v) is 4.25. The molecule has 5 nitrogen and oxygen atoms in total. The van der Waals surface area contributed by atoms with E-state index in [1.807, 2.05) is 13.0 Å². The molecule has 2 N–H and O–H groups in total. The number of fused-ring (bicyclic) bond motifs is 1. The highest BCUT2D eigenvalue weighted by molar-refractivity contribution is 5.52. The minimum atomic E-state index is -0.414. The molecule has 1 aromatic carbocycles. The average molecular weight is 381 g/mol. The van der Waals surface area contributed by atoms with E-state index >= 15 is 0 Å². The quantitative estimate of drug-likeness (QED) is 0.796. The first-order chi connectivity index (χ1) is 13.5. The molecular weight excluding hydrogens is 348 g/mol. The van der Waals surface area contributed by atoms with Gasteiger partial charge in [-0.2, -0.15) is 0 Å². The number of aromatic nitrogens is 2. The van der Waals surface area contributed by atoms with Crippen molar-refractivity contribution >= 4 is 11.6 Å². The van der Waals surface area contributed by atoms with Crippen LogP contribution in [0.5, 0.6) is 0 Å². The van der Waals surface area contributed by atoms with E-state index in [1.54, 1.807) is 0 Å². The van der Waals surface area contributed by atoms with Gasteiger partial charge in [0, 0.05) is 31.1 Å². The summed E-state index contributed by atoms with van der Waals surface area (Å²) in [6, 6.07) is 9.03. The van der Waals surface area contributed by atoms with Crippen LogP contribution >= 0.6 is 0 Å². The van der Waals surface area contributed by atoms with Crippen molar-refractivity contribution in [1.82, 2.24) is 9.97 Å². The molecule has 2 aromatic rings. The van der Waals surface area contributed by atoms with Crippen LogP contribution in [0.4, 0.5) is 11.6 Å². The van der Waals surface area contributed by atoms with Gasteiger partial charge >= 0.3 is 0 Å². The highest BCUT2D eigenvalue weighted by Gasteiger charge is 2.22. The molecule has 0 amide bonds. The number of aliphatic hydroxyl groups is 1. The van der Waals surface area contributed by atoms with Crippen LogP contribution in [0.3, 0.4) is 0 Å². The number of rotatable bonds is 5. The van der Waals surface area contributed by atoms with Crippen molar-refractivity contribution < 1.29 is 5.11 Å². The van der Waals surface area contributed by atoms with E-state index in [2.05, 4.69) is 42.3 Å². The molecule has 150 valence electrons. The molecule has 1 aromatic heterocycles. The topological polar surface area (TPSA) is 61.3 Å². The van der Waals surface area contributed by atoms with Crippen LogP contribution in [0.25, 0.3) is 0 Å². The Balaban J connectivity index is 1.58. The lowest BCUT2D eigenvalue weighted by atomic mass is 9.96. The lowest BCUT2D eigenvalue weighted by molar-refractivity contribution is 0.199. The van der Waals surface area contributed by atoms with Gasteiger partial charge in [-0.3, -0.25) is 0 Å². The highest BCUT2D eigenvalue weighted by atomic mass is 16.3. The van der Waals surface area contributed by atoms with E-state index in [1.165, 1.54) is 36.8 Å². The first-order valence-corrected chi connectivity index (χ1v) is 10.7. The van der Waals surface area contributed by atoms with E-state index in [-0.39, 0.29) is 0 Å². The third kappa shape index (κ3) is 4.14. The van der Waals surface area contributed by atoms with Crippen molar-refractivity contribution in [3.8, 4) is 0 Å². The lowest BCUT2D eigenvalue weighted by Crippen LogP contribution is -2.31. The van der Waals surface area contributed by atoms with Gasteiger partial charge < -0.3 is 15.3 Å². The van der Waals surface area contributed by atoms with Crippen LogP contribution in [0.1, 0.15) is 81.0 Å². The monoisotopic (exact) mass is 380 g/mol. The number of nitrogens with zero attached hydrogens (tertiary/aromatic N) is 3. The molecule has 0 spiro atoms. The zero-order valence-electron chi connectivity index (χ0n) is 17.3. The van der Waals surface area contributed by atoms with E-state index in [0.717, 1.165) is 42.5 Å². The second-order valence-electron chi connectivity index (χ2n) is 8.63. The summed E-state index contributed by atoms with van der Waals surface area (Å²) in [7, 11) is 0. The largest absolute Gasteiger partial charge is 0.389 e. The van der Waals surface area contributed by atoms with Crippen molar-refractivity contribution in [1.29, 1.82) is 0 Å². The lowest BCUT2D eigenvalue weighted by Gasteiger charge is -2.31. The van der Waals surface area contributed by atoms with Crippen molar-refractivity contribution in [2.45, 2.75) is 77.5 Å². The van der Waals surface area contributed by atoms with Gasteiger partial charge in [-0.25, -0.2) is 9.97 Å². The SMILES string of the molecule is CC(C)c1nc(NC2CCCC2)cc(N2CCc3cc([C@H](C)O)ccc3C2)n1. The molecule has 2 heterocycles. The first kappa shape index (κ1) is 19.2. The maximum absolute atomic E-state index is 9.85. The fourth-order valence-electron chi connectivity index (χ4n) is 4.25. The zero-order chi connectivity index (χ0) is 19.7. The average Bonchev–Trinajstić information content (AvgIpc) is 3.19. The molecule has 28 heavy (non-hydrogen) atoms. The van der Waals surface area contributed by atoms with Crippen molar-refractivity contribution in [3.63, 3.8) is 0 Å². The molecule has 1 aliphatic heterocycles. The number of hydrogen-bond donors (Lipinski definition) is 2. The van der Waals surface area contributed by atoms with Crippen LogP contribution in [-0.2, 0) is 13.0 Å². The summed E-state index contributed by atoms with van der Waals surface area (Å²) in [5.41, 5.74) is 3.67. The molecular formula is C23H32N4O. The third-order valence-corrected chi connectivity index (χ3v) is 6.00. The highest BCUT2D eigenvalue weighted by Crippen LogP contribution is 2.29. The Morgan fingerprint density at radius 1 is 1.07 bits per heavy atom. The minimum absolute atomic E-state index is 0.301. The summed E-state index contributed by atoms with van der Waals surface area (Å²) in [6.07, 6.45) is 5.65. The maximum atomic E-state index is 9.85. The Morgan fingerprint density at radius 3 is 2.57 bits per heavy atom. The number of aliphatic hydroxyl groups excluding tert-OH is 1. The molecule has 1 aliphatic carbocycles. The van der Waals surface area contributed by atoms with Crippen LogP contribution < -0.4 is 10.2 Å². The molecule has 5 heteroatoms. The number of anilines is 2. The number of nitrogens with one attached hydrogen (secondary N) is 1. The first-order valence-electron chi connectivity index (χ1n) is 10.7. The summed E-state index contributed by atoms with van der Waals surface area (Å²) in [6.45, 7) is 7.92. The van der Waals surface area contributed by atoms with E-state index in [0.29, 0.717) is 12.0 Å². The Kier molecular flexibility index (Phi) is 5.54. The van der Waals surface area contributed by atoms with Crippen LogP contribution in [0.15, 0.2) is 24.3 Å². The predicted molar refractivity (Wildman–Crippen MR) is 114 cm³/mol. The smallest absolute Gasteiger partial charge is 0.135 e. The molecule has 0 saturated heterocycles. The maximum Gasteiger partial charge on any atom is 0.135 e. The fraction of sp³-hybridized carbons (Fsp3) is 0.565. The second kappa shape index (κ2) is 8.08. The second-order valence-corrected chi connectivity index (χ2v) is 8.63. The number of benzene rings is 1. The summed E-state index contributed by atoms with van der Waals surface area (Å²) >= 11 is 0. The van der Waals surface area contributed by atoms with E-state index in [4.69, 9.17) is 9.97 Å². The van der Waals surface area contributed by atoms with Gasteiger partial charge in [0.25, 0.3) is 0 Å². The Morgan fingerprint density at radius 2 is 1.86 bits per heavy atom. The van der Waals surface area contributed by atoms with Gasteiger partial charge in [0.1, 0.15) is 17.5 Å². The van der Waals surface area contributed by atoms with E-state index in [9.17, 15) is 5.11 Å². The summed E-state index contributed by atoms with van der Waals surface area (Å²) in [5, 5.41) is 13.5. The van der Waals surface area contributed by atoms with Crippen molar-refractivity contribution in [2.75, 3.05) is 16.8 Å². The molecule has 1 fully saturated rings. The van der Waals surface area contributed by atoms with E-state index < -0.39 is 6.10 Å². The third-order valence-electron chi connectivity index (χ3n) is 6.00. The molecule has 4 rings (SSSR count). The summed E-state index contributed by atoms with van der Waals surface area (Å²) < 4.78 is 0. The molecule has 0 radical (unpaired) electrons. The Labute approximate surface area is 168 Å².